The van der Waals surface area contributed by atoms with Gasteiger partial charge >= 0.3 is 0 Å². The van der Waals surface area contributed by atoms with Crippen LogP contribution >= 0.6 is 0 Å². The van der Waals surface area contributed by atoms with E-state index in [-0.39, 0.29) is 11.4 Å². The molecule has 1 unspecified atom stereocenters. The van der Waals surface area contributed by atoms with E-state index in [0.717, 1.165) is 6.42 Å². The van der Waals surface area contributed by atoms with Crippen LogP contribution in [0.1, 0.15) is 37.7 Å². The molecule has 96 valence electrons. The first-order valence-electron chi connectivity index (χ1n) is 5.88. The summed E-state index contributed by atoms with van der Waals surface area (Å²) in [5, 5.41) is 7.04. The van der Waals surface area contributed by atoms with Crippen LogP contribution in [-0.4, -0.2) is 27.8 Å². The molecule has 1 rings (SSSR count). The van der Waals surface area contributed by atoms with Gasteiger partial charge in [0.1, 0.15) is 5.69 Å². The smallest absolute Gasteiger partial charge is 0.272 e. The first-order chi connectivity index (χ1) is 7.86. The summed E-state index contributed by atoms with van der Waals surface area (Å²) in [5.74, 6) is 0.312. The maximum atomic E-state index is 12.0. The first kappa shape index (κ1) is 13.7. The van der Waals surface area contributed by atoms with Crippen LogP contribution in [0.2, 0.25) is 0 Å². The van der Waals surface area contributed by atoms with Crippen LogP contribution in [0.4, 0.5) is 0 Å². The summed E-state index contributed by atoms with van der Waals surface area (Å²) in [6.07, 6.45) is 2.60. The Morgan fingerprint density at radius 2 is 2.29 bits per heavy atom. The van der Waals surface area contributed by atoms with E-state index in [1.807, 2.05) is 6.92 Å². The second kappa shape index (κ2) is 5.31. The fourth-order valence-electron chi connectivity index (χ4n) is 1.96. The number of nitrogens with two attached hydrogens (primary N) is 1. The molecule has 1 amide bonds. The fraction of sp³-hybridized carbons (Fsp3) is 0.667. The van der Waals surface area contributed by atoms with Gasteiger partial charge in [0.25, 0.3) is 5.91 Å². The van der Waals surface area contributed by atoms with Crippen molar-refractivity contribution in [3.63, 3.8) is 0 Å². The highest BCUT2D eigenvalue weighted by Crippen LogP contribution is 2.15. The zero-order valence-electron chi connectivity index (χ0n) is 11.0. The summed E-state index contributed by atoms with van der Waals surface area (Å²) >= 11 is 0. The third-order valence-electron chi connectivity index (χ3n) is 2.67. The normalized spacial score (nSPS) is 14.7. The van der Waals surface area contributed by atoms with Gasteiger partial charge in [0.05, 0.1) is 5.54 Å². The van der Waals surface area contributed by atoms with Crippen molar-refractivity contribution in [3.8, 4) is 0 Å². The predicted molar refractivity (Wildman–Crippen MR) is 67.6 cm³/mol. The topological polar surface area (TPSA) is 72.9 Å². The molecule has 0 spiro atoms. The second-order valence-corrected chi connectivity index (χ2v) is 5.19. The molecule has 0 aromatic carbocycles. The highest BCUT2D eigenvalue weighted by molar-refractivity contribution is 5.92. The number of nitrogens with zero attached hydrogens (tertiary/aromatic N) is 2. The third-order valence-corrected chi connectivity index (χ3v) is 2.67. The molecular formula is C12H22N4O. The molecule has 0 fully saturated rings. The quantitative estimate of drug-likeness (QED) is 0.801. The molecule has 1 atom stereocenters. The standard InChI is InChI=1S/C12H22N4O/c1-9(2)7-12(3,8-13)14-11(17)10-5-6-16(4)15-10/h5-6,9H,7-8,13H2,1-4H3,(H,14,17). The van der Waals surface area contributed by atoms with Crippen molar-refractivity contribution < 1.29 is 4.79 Å². The Bertz CT molecular complexity index is 386. The lowest BCUT2D eigenvalue weighted by Gasteiger charge is -2.30. The van der Waals surface area contributed by atoms with Gasteiger partial charge in [0.2, 0.25) is 0 Å². The van der Waals surface area contributed by atoms with Crippen molar-refractivity contribution in [2.75, 3.05) is 6.54 Å². The van der Waals surface area contributed by atoms with Crippen LogP contribution in [0, 0.1) is 5.92 Å². The molecule has 0 radical (unpaired) electrons. The van der Waals surface area contributed by atoms with Gasteiger partial charge in [-0.1, -0.05) is 13.8 Å². The van der Waals surface area contributed by atoms with E-state index in [2.05, 4.69) is 24.3 Å². The van der Waals surface area contributed by atoms with Crippen molar-refractivity contribution in [2.45, 2.75) is 32.7 Å². The SMILES string of the molecule is CC(C)CC(C)(CN)NC(=O)c1ccn(C)n1. The number of nitrogens with one attached hydrogen (secondary N) is 1. The van der Waals surface area contributed by atoms with E-state index in [4.69, 9.17) is 5.73 Å². The number of aryl methyl sites for hydroxylation is 1. The van der Waals surface area contributed by atoms with Gasteiger partial charge in [-0.3, -0.25) is 9.48 Å². The van der Waals surface area contributed by atoms with Crippen LogP contribution in [0.5, 0.6) is 0 Å². The maximum absolute atomic E-state index is 12.0. The first-order valence-corrected chi connectivity index (χ1v) is 5.88. The molecule has 0 aliphatic carbocycles. The predicted octanol–water partition coefficient (Wildman–Crippen LogP) is 0.913. The third kappa shape index (κ3) is 3.85. The molecule has 0 aliphatic heterocycles. The van der Waals surface area contributed by atoms with Crippen molar-refractivity contribution in [1.82, 2.24) is 15.1 Å². The fourth-order valence-corrected chi connectivity index (χ4v) is 1.96. The number of hydrogen-bond donors (Lipinski definition) is 2. The molecule has 0 aliphatic rings. The van der Waals surface area contributed by atoms with E-state index in [9.17, 15) is 4.79 Å². The maximum Gasteiger partial charge on any atom is 0.272 e. The average molecular weight is 238 g/mol. The number of carbonyl (C=O) groups excluding carboxylic acids is 1. The summed E-state index contributed by atoms with van der Waals surface area (Å²) in [6, 6.07) is 1.70. The van der Waals surface area contributed by atoms with Crippen molar-refractivity contribution in [2.24, 2.45) is 18.7 Å². The molecule has 5 heteroatoms. The van der Waals surface area contributed by atoms with Crippen LogP contribution < -0.4 is 11.1 Å². The molecule has 1 aromatic heterocycles. The van der Waals surface area contributed by atoms with E-state index in [1.165, 1.54) is 0 Å². The van der Waals surface area contributed by atoms with Crippen LogP contribution in [0.3, 0.4) is 0 Å². The zero-order chi connectivity index (χ0) is 13.1. The average Bonchev–Trinajstić information content (AvgIpc) is 2.63. The monoisotopic (exact) mass is 238 g/mol. The molecule has 1 heterocycles. The second-order valence-electron chi connectivity index (χ2n) is 5.19. The summed E-state index contributed by atoms with van der Waals surface area (Å²) in [5.41, 5.74) is 5.80. The molecule has 0 saturated heterocycles. The number of amides is 1. The number of hydrogen-bond acceptors (Lipinski definition) is 3. The molecule has 0 bridgehead atoms. The minimum Gasteiger partial charge on any atom is -0.344 e. The van der Waals surface area contributed by atoms with Gasteiger partial charge in [-0.15, -0.1) is 0 Å². The molecule has 17 heavy (non-hydrogen) atoms. The number of carbonyl (C=O) groups is 1. The molecule has 5 nitrogen and oxygen atoms in total. The summed E-state index contributed by atoms with van der Waals surface area (Å²) < 4.78 is 1.61. The Hall–Kier alpha value is -1.36. The Kier molecular flexibility index (Phi) is 4.28. The Labute approximate surface area is 102 Å². The van der Waals surface area contributed by atoms with Gasteiger partial charge in [-0.05, 0) is 25.3 Å². The van der Waals surface area contributed by atoms with Crippen LogP contribution in [-0.2, 0) is 7.05 Å². The van der Waals surface area contributed by atoms with Gasteiger partial charge in [-0.2, -0.15) is 5.10 Å². The zero-order valence-corrected chi connectivity index (χ0v) is 11.0. The minimum absolute atomic E-state index is 0.167. The lowest BCUT2D eigenvalue weighted by Crippen LogP contribution is -2.52. The van der Waals surface area contributed by atoms with Gasteiger partial charge in [0, 0.05) is 19.8 Å². The highest BCUT2D eigenvalue weighted by atomic mass is 16.2. The lowest BCUT2D eigenvalue weighted by molar-refractivity contribution is 0.0892. The Morgan fingerprint density at radius 3 is 2.71 bits per heavy atom. The van der Waals surface area contributed by atoms with Gasteiger partial charge < -0.3 is 11.1 Å². The lowest BCUT2D eigenvalue weighted by atomic mass is 9.90. The minimum atomic E-state index is -0.372. The van der Waals surface area contributed by atoms with E-state index >= 15 is 0 Å². The van der Waals surface area contributed by atoms with E-state index in [1.54, 1.807) is 24.0 Å². The Balaban J connectivity index is 2.71. The molecule has 1 aromatic rings. The number of aromatic nitrogens is 2. The summed E-state index contributed by atoms with van der Waals surface area (Å²) in [6.45, 7) is 6.61. The molecule has 0 saturated carbocycles. The van der Waals surface area contributed by atoms with Gasteiger partial charge in [0.15, 0.2) is 0 Å². The highest BCUT2D eigenvalue weighted by Gasteiger charge is 2.26. The molecule has 3 N–H and O–H groups in total. The van der Waals surface area contributed by atoms with Crippen LogP contribution in [0.15, 0.2) is 12.3 Å². The summed E-state index contributed by atoms with van der Waals surface area (Å²) in [4.78, 5) is 12.0. The van der Waals surface area contributed by atoms with Crippen LogP contribution in [0.25, 0.3) is 0 Å². The Morgan fingerprint density at radius 1 is 1.65 bits per heavy atom. The van der Waals surface area contributed by atoms with Gasteiger partial charge in [-0.25, -0.2) is 0 Å². The van der Waals surface area contributed by atoms with Crippen molar-refractivity contribution >= 4 is 5.91 Å². The van der Waals surface area contributed by atoms with E-state index < -0.39 is 0 Å². The summed E-state index contributed by atoms with van der Waals surface area (Å²) in [7, 11) is 1.78. The van der Waals surface area contributed by atoms with Crippen molar-refractivity contribution in [1.29, 1.82) is 0 Å². The largest absolute Gasteiger partial charge is 0.344 e. The molecular weight excluding hydrogens is 216 g/mol. The van der Waals surface area contributed by atoms with Crippen molar-refractivity contribution in [3.05, 3.63) is 18.0 Å². The van der Waals surface area contributed by atoms with E-state index in [0.29, 0.717) is 18.2 Å². The number of rotatable bonds is 5.